The summed E-state index contributed by atoms with van der Waals surface area (Å²) in [5.74, 6) is -2.27. The number of aliphatic hydroxyl groups is 1. The molecule has 36 heavy (non-hydrogen) atoms. The Bertz CT molecular complexity index is 966. The number of amides is 3. The first-order valence-electron chi connectivity index (χ1n) is 13.0. The van der Waals surface area contributed by atoms with E-state index in [4.69, 9.17) is 9.47 Å². The number of para-hydroxylation sites is 1. The first-order chi connectivity index (χ1) is 17.5. The van der Waals surface area contributed by atoms with Crippen molar-refractivity contribution in [2.75, 3.05) is 51.3 Å². The van der Waals surface area contributed by atoms with Crippen LogP contribution in [0.25, 0.3) is 0 Å². The molecule has 6 atom stereocenters. The molecule has 1 aromatic carbocycles. The number of ether oxygens (including phenoxy) is 2. The molecule has 4 aliphatic rings. The second-order valence-electron chi connectivity index (χ2n) is 10.1. The van der Waals surface area contributed by atoms with Crippen molar-refractivity contribution in [2.24, 2.45) is 11.8 Å². The third-order valence-corrected chi connectivity index (χ3v) is 8.24. The number of anilines is 1. The van der Waals surface area contributed by atoms with Gasteiger partial charge in [0.2, 0.25) is 17.7 Å². The Balaban J connectivity index is 1.38. The standard InChI is InChI=1S/C26H36N4O6/c1-2-18(16-31)30-22(24(33)27-10-11-29-12-14-35-15-13-29)26-9-8-19(36-26)20(21(26)25(30)34)23(32)28-17-6-4-3-5-7-17/h3-7,18-22,31H,2,8-16H2,1H3,(H,27,33)(H,28,32)/t18-,19-,20+,21-,22?,26?/m0/s1. The molecule has 196 valence electrons. The molecule has 4 heterocycles. The van der Waals surface area contributed by atoms with Gasteiger partial charge >= 0.3 is 0 Å². The highest BCUT2D eigenvalue weighted by molar-refractivity contribution is 6.02. The summed E-state index contributed by atoms with van der Waals surface area (Å²) < 4.78 is 11.8. The van der Waals surface area contributed by atoms with Crippen molar-refractivity contribution in [3.63, 3.8) is 0 Å². The number of hydrogen-bond acceptors (Lipinski definition) is 7. The molecular weight excluding hydrogens is 464 g/mol. The van der Waals surface area contributed by atoms with Gasteiger partial charge in [-0.25, -0.2) is 0 Å². The third kappa shape index (κ3) is 4.30. The van der Waals surface area contributed by atoms with E-state index in [9.17, 15) is 19.5 Å². The minimum atomic E-state index is -1.06. The van der Waals surface area contributed by atoms with Gasteiger partial charge in [-0.2, -0.15) is 0 Å². The van der Waals surface area contributed by atoms with Gasteiger partial charge in [-0.3, -0.25) is 19.3 Å². The number of likely N-dealkylation sites (tertiary alicyclic amines) is 1. The van der Waals surface area contributed by atoms with Crippen LogP contribution in [0.3, 0.4) is 0 Å². The van der Waals surface area contributed by atoms with E-state index >= 15 is 0 Å². The quantitative estimate of drug-likeness (QED) is 0.444. The molecule has 4 fully saturated rings. The molecular formula is C26H36N4O6. The molecule has 1 spiro atoms. The molecule has 10 nitrogen and oxygen atoms in total. The number of carbonyl (C=O) groups is 3. The molecule has 5 rings (SSSR count). The van der Waals surface area contributed by atoms with Crippen molar-refractivity contribution in [1.29, 1.82) is 0 Å². The molecule has 0 aliphatic carbocycles. The maximum Gasteiger partial charge on any atom is 0.245 e. The van der Waals surface area contributed by atoms with Crippen LogP contribution in [0.2, 0.25) is 0 Å². The van der Waals surface area contributed by atoms with E-state index in [2.05, 4.69) is 15.5 Å². The lowest BCUT2D eigenvalue weighted by Crippen LogP contribution is -2.58. The Hall–Kier alpha value is -2.53. The first kappa shape index (κ1) is 25.1. The van der Waals surface area contributed by atoms with Gasteiger partial charge < -0.3 is 30.1 Å². The van der Waals surface area contributed by atoms with Crippen molar-refractivity contribution in [1.82, 2.24) is 15.1 Å². The van der Waals surface area contributed by atoms with Crippen molar-refractivity contribution in [3.05, 3.63) is 30.3 Å². The number of fused-ring (bicyclic) bond motifs is 1. The van der Waals surface area contributed by atoms with Crippen LogP contribution >= 0.6 is 0 Å². The lowest BCUT2D eigenvalue weighted by molar-refractivity contribution is -0.145. The van der Waals surface area contributed by atoms with Crippen LogP contribution < -0.4 is 10.6 Å². The predicted octanol–water partition coefficient (Wildman–Crippen LogP) is 0.219. The Morgan fingerprint density at radius 2 is 1.94 bits per heavy atom. The highest BCUT2D eigenvalue weighted by Gasteiger charge is 2.74. The van der Waals surface area contributed by atoms with Crippen molar-refractivity contribution in [2.45, 2.75) is 50.0 Å². The Labute approximate surface area is 211 Å². The van der Waals surface area contributed by atoms with Crippen LogP contribution in [0.5, 0.6) is 0 Å². The number of nitrogens with one attached hydrogen (secondary N) is 2. The maximum absolute atomic E-state index is 13.9. The Morgan fingerprint density at radius 1 is 1.19 bits per heavy atom. The Morgan fingerprint density at radius 3 is 2.64 bits per heavy atom. The van der Waals surface area contributed by atoms with E-state index in [0.29, 0.717) is 51.3 Å². The van der Waals surface area contributed by atoms with Gasteiger partial charge in [0, 0.05) is 31.9 Å². The third-order valence-electron chi connectivity index (χ3n) is 8.24. The fourth-order valence-electron chi connectivity index (χ4n) is 6.50. The van der Waals surface area contributed by atoms with E-state index in [1.54, 1.807) is 12.1 Å². The largest absolute Gasteiger partial charge is 0.394 e. The monoisotopic (exact) mass is 500 g/mol. The van der Waals surface area contributed by atoms with Crippen molar-refractivity contribution in [3.8, 4) is 0 Å². The molecule has 2 bridgehead atoms. The van der Waals surface area contributed by atoms with Crippen LogP contribution in [0.15, 0.2) is 30.3 Å². The number of nitrogens with zero attached hydrogens (tertiary/aromatic N) is 2. The van der Waals surface area contributed by atoms with Gasteiger partial charge in [-0.1, -0.05) is 25.1 Å². The van der Waals surface area contributed by atoms with E-state index < -0.39 is 35.6 Å². The van der Waals surface area contributed by atoms with Crippen molar-refractivity contribution < 1.29 is 29.0 Å². The van der Waals surface area contributed by atoms with Crippen LogP contribution in [0.1, 0.15) is 26.2 Å². The van der Waals surface area contributed by atoms with E-state index in [-0.39, 0.29) is 24.3 Å². The predicted molar refractivity (Wildman–Crippen MR) is 131 cm³/mol. The number of morpholine rings is 1. The van der Waals surface area contributed by atoms with Gasteiger partial charge in [-0.05, 0) is 31.4 Å². The summed E-state index contributed by atoms with van der Waals surface area (Å²) in [5.41, 5.74) is -0.410. The zero-order chi connectivity index (χ0) is 25.3. The van der Waals surface area contributed by atoms with Gasteiger partial charge in [0.25, 0.3) is 0 Å². The van der Waals surface area contributed by atoms with Crippen LogP contribution in [0.4, 0.5) is 5.69 Å². The average molecular weight is 501 g/mol. The second kappa shape index (κ2) is 10.5. The SMILES string of the molecule is CC[C@@H](CO)N1C(=O)[C@@H]2[C@H](C(=O)Nc3ccccc3)[C@@H]3CCC2(O3)C1C(=O)NCCN1CCOCC1. The highest BCUT2D eigenvalue weighted by atomic mass is 16.5. The van der Waals surface area contributed by atoms with Crippen LogP contribution in [0, 0.1) is 11.8 Å². The summed E-state index contributed by atoms with van der Waals surface area (Å²) in [6, 6.07) is 7.74. The van der Waals surface area contributed by atoms with Gasteiger partial charge in [0.1, 0.15) is 11.6 Å². The molecule has 4 saturated heterocycles. The molecule has 2 unspecified atom stereocenters. The smallest absolute Gasteiger partial charge is 0.245 e. The molecule has 4 aliphatic heterocycles. The number of aliphatic hydroxyl groups excluding tert-OH is 1. The normalized spacial score (nSPS) is 32.4. The maximum atomic E-state index is 13.9. The van der Waals surface area contributed by atoms with E-state index in [0.717, 1.165) is 13.1 Å². The summed E-state index contributed by atoms with van der Waals surface area (Å²) in [5, 5.41) is 16.0. The zero-order valence-electron chi connectivity index (χ0n) is 20.7. The summed E-state index contributed by atoms with van der Waals surface area (Å²) in [7, 11) is 0. The molecule has 3 amide bonds. The fraction of sp³-hybridized carbons (Fsp3) is 0.654. The molecule has 10 heteroatoms. The first-order valence-corrected chi connectivity index (χ1v) is 13.0. The minimum Gasteiger partial charge on any atom is -0.394 e. The lowest BCUT2D eigenvalue weighted by Gasteiger charge is -2.36. The van der Waals surface area contributed by atoms with E-state index in [1.165, 1.54) is 4.90 Å². The topological polar surface area (TPSA) is 120 Å². The molecule has 1 aromatic rings. The Kier molecular flexibility index (Phi) is 7.30. The van der Waals surface area contributed by atoms with Crippen LogP contribution in [-0.2, 0) is 23.9 Å². The average Bonchev–Trinajstić information content (AvgIpc) is 3.54. The van der Waals surface area contributed by atoms with Crippen molar-refractivity contribution >= 4 is 23.4 Å². The van der Waals surface area contributed by atoms with Gasteiger partial charge in [-0.15, -0.1) is 0 Å². The summed E-state index contributed by atoms with van der Waals surface area (Å²) >= 11 is 0. The summed E-state index contributed by atoms with van der Waals surface area (Å²) in [4.78, 5) is 44.7. The van der Waals surface area contributed by atoms with Gasteiger partial charge in [0.05, 0.1) is 43.8 Å². The molecule has 0 saturated carbocycles. The lowest BCUT2D eigenvalue weighted by atomic mass is 9.70. The number of rotatable bonds is 9. The number of benzene rings is 1. The van der Waals surface area contributed by atoms with E-state index in [1.807, 2.05) is 25.1 Å². The van der Waals surface area contributed by atoms with Gasteiger partial charge in [0.15, 0.2) is 0 Å². The molecule has 0 radical (unpaired) electrons. The summed E-state index contributed by atoms with van der Waals surface area (Å²) in [6.45, 7) is 5.76. The second-order valence-corrected chi connectivity index (χ2v) is 10.1. The van der Waals surface area contributed by atoms with Crippen LogP contribution in [-0.4, -0.2) is 102 Å². The zero-order valence-corrected chi connectivity index (χ0v) is 20.7. The summed E-state index contributed by atoms with van der Waals surface area (Å²) in [6.07, 6.45) is 1.22. The fourth-order valence-corrected chi connectivity index (χ4v) is 6.50. The minimum absolute atomic E-state index is 0.257. The number of hydrogen-bond donors (Lipinski definition) is 3. The highest BCUT2D eigenvalue weighted by Crippen LogP contribution is 2.59. The number of carbonyl (C=O) groups excluding carboxylic acids is 3. The molecule has 0 aromatic heterocycles. The molecule has 3 N–H and O–H groups in total.